The van der Waals surface area contributed by atoms with Gasteiger partial charge in [-0.15, -0.1) is 0 Å². The van der Waals surface area contributed by atoms with Crippen LogP contribution in [0.4, 0.5) is 0 Å². The fourth-order valence-electron chi connectivity index (χ4n) is 1.39. The first-order valence-corrected chi connectivity index (χ1v) is 5.00. The summed E-state index contributed by atoms with van der Waals surface area (Å²) >= 11 is 6.09. The number of aliphatic hydroxyl groups excluding tert-OH is 1. The maximum Gasteiger partial charge on any atom is 0.0853 e. The SMILES string of the molecule is OCc1cc(Cl)c(-c2ccccc2)cn1. The second-order valence-corrected chi connectivity index (χ2v) is 3.59. The summed E-state index contributed by atoms with van der Waals surface area (Å²) in [5.74, 6) is 0. The van der Waals surface area contributed by atoms with Crippen molar-refractivity contribution in [3.63, 3.8) is 0 Å². The fraction of sp³-hybridized carbons (Fsp3) is 0.0833. The summed E-state index contributed by atoms with van der Waals surface area (Å²) < 4.78 is 0. The third-order valence-corrected chi connectivity index (χ3v) is 2.47. The first kappa shape index (κ1) is 10.1. The van der Waals surface area contributed by atoms with Gasteiger partial charge in [0.15, 0.2) is 0 Å². The normalized spacial score (nSPS) is 10.3. The Bertz CT molecular complexity index is 456. The van der Waals surface area contributed by atoms with Crippen LogP contribution in [-0.4, -0.2) is 10.1 Å². The molecule has 3 heteroatoms. The van der Waals surface area contributed by atoms with Crippen molar-refractivity contribution in [1.82, 2.24) is 4.98 Å². The van der Waals surface area contributed by atoms with E-state index in [1.54, 1.807) is 12.3 Å². The molecule has 0 fully saturated rings. The molecule has 2 rings (SSSR count). The minimum Gasteiger partial charge on any atom is -0.390 e. The van der Waals surface area contributed by atoms with Crippen molar-refractivity contribution in [2.45, 2.75) is 6.61 Å². The fourth-order valence-corrected chi connectivity index (χ4v) is 1.67. The largest absolute Gasteiger partial charge is 0.390 e. The van der Waals surface area contributed by atoms with Crippen molar-refractivity contribution >= 4 is 11.6 Å². The van der Waals surface area contributed by atoms with Crippen LogP contribution in [0.15, 0.2) is 42.6 Å². The predicted molar refractivity (Wildman–Crippen MR) is 60.6 cm³/mol. The Kier molecular flexibility index (Phi) is 2.99. The molecule has 0 aliphatic carbocycles. The molecular weight excluding hydrogens is 210 g/mol. The van der Waals surface area contributed by atoms with Gasteiger partial charge in [0.1, 0.15) is 0 Å². The molecule has 0 atom stereocenters. The van der Waals surface area contributed by atoms with Crippen LogP contribution in [-0.2, 0) is 6.61 Å². The zero-order valence-electron chi connectivity index (χ0n) is 8.02. The number of pyridine rings is 1. The van der Waals surface area contributed by atoms with Gasteiger partial charge in [0.25, 0.3) is 0 Å². The summed E-state index contributed by atoms with van der Waals surface area (Å²) in [7, 11) is 0. The van der Waals surface area contributed by atoms with Crippen LogP contribution < -0.4 is 0 Å². The highest BCUT2D eigenvalue weighted by Crippen LogP contribution is 2.27. The Morgan fingerprint density at radius 2 is 1.93 bits per heavy atom. The molecule has 15 heavy (non-hydrogen) atoms. The first-order chi connectivity index (χ1) is 7.31. The number of hydrogen-bond acceptors (Lipinski definition) is 2. The lowest BCUT2D eigenvalue weighted by molar-refractivity contribution is 0.277. The zero-order chi connectivity index (χ0) is 10.7. The number of aliphatic hydroxyl groups is 1. The third-order valence-electron chi connectivity index (χ3n) is 2.16. The molecule has 0 saturated heterocycles. The van der Waals surface area contributed by atoms with E-state index >= 15 is 0 Å². The van der Waals surface area contributed by atoms with Gasteiger partial charge in [0.05, 0.1) is 17.3 Å². The Morgan fingerprint density at radius 1 is 1.20 bits per heavy atom. The molecule has 0 aliphatic heterocycles. The van der Waals surface area contributed by atoms with Gasteiger partial charge >= 0.3 is 0 Å². The van der Waals surface area contributed by atoms with Crippen molar-refractivity contribution in [2.24, 2.45) is 0 Å². The van der Waals surface area contributed by atoms with Gasteiger partial charge in [-0.3, -0.25) is 4.98 Å². The van der Waals surface area contributed by atoms with Gasteiger partial charge in [-0.25, -0.2) is 0 Å². The molecule has 1 aromatic carbocycles. The number of nitrogens with zero attached hydrogens (tertiary/aromatic N) is 1. The topological polar surface area (TPSA) is 33.1 Å². The number of hydrogen-bond donors (Lipinski definition) is 1. The van der Waals surface area contributed by atoms with Crippen molar-refractivity contribution in [3.8, 4) is 11.1 Å². The second kappa shape index (κ2) is 4.43. The average molecular weight is 220 g/mol. The molecule has 0 saturated carbocycles. The molecule has 0 bridgehead atoms. The standard InChI is InChI=1S/C12H10ClNO/c13-12-6-10(8-15)14-7-11(12)9-4-2-1-3-5-9/h1-7,15H,8H2. The zero-order valence-corrected chi connectivity index (χ0v) is 8.78. The van der Waals surface area contributed by atoms with Gasteiger partial charge in [0, 0.05) is 11.8 Å². The highest BCUT2D eigenvalue weighted by atomic mass is 35.5. The average Bonchev–Trinajstić information content (AvgIpc) is 2.30. The van der Waals surface area contributed by atoms with E-state index in [4.69, 9.17) is 16.7 Å². The van der Waals surface area contributed by atoms with E-state index in [0.717, 1.165) is 11.1 Å². The van der Waals surface area contributed by atoms with Crippen LogP contribution in [0.1, 0.15) is 5.69 Å². The number of benzene rings is 1. The van der Waals surface area contributed by atoms with Crippen LogP contribution in [0.5, 0.6) is 0 Å². The molecule has 0 radical (unpaired) electrons. The number of aromatic nitrogens is 1. The molecular formula is C12H10ClNO. The Balaban J connectivity index is 2.46. The Labute approximate surface area is 93.2 Å². The van der Waals surface area contributed by atoms with Gasteiger partial charge in [-0.05, 0) is 11.6 Å². The summed E-state index contributed by atoms with van der Waals surface area (Å²) in [6.07, 6.45) is 1.68. The monoisotopic (exact) mass is 219 g/mol. The van der Waals surface area contributed by atoms with E-state index in [1.165, 1.54) is 0 Å². The van der Waals surface area contributed by atoms with E-state index in [9.17, 15) is 0 Å². The van der Waals surface area contributed by atoms with E-state index in [-0.39, 0.29) is 6.61 Å². The molecule has 1 aromatic heterocycles. The quantitative estimate of drug-likeness (QED) is 0.843. The Morgan fingerprint density at radius 3 is 2.53 bits per heavy atom. The minimum atomic E-state index is -0.0885. The molecule has 2 aromatic rings. The molecule has 0 amide bonds. The molecule has 0 unspecified atom stereocenters. The predicted octanol–water partition coefficient (Wildman–Crippen LogP) is 2.89. The molecule has 1 heterocycles. The van der Waals surface area contributed by atoms with Crippen LogP contribution in [0.25, 0.3) is 11.1 Å². The number of rotatable bonds is 2. The molecule has 0 aliphatic rings. The third kappa shape index (κ3) is 2.17. The minimum absolute atomic E-state index is 0.0885. The second-order valence-electron chi connectivity index (χ2n) is 3.18. The van der Waals surface area contributed by atoms with Crippen LogP contribution >= 0.6 is 11.6 Å². The van der Waals surface area contributed by atoms with E-state index in [0.29, 0.717) is 10.7 Å². The number of halogens is 1. The maximum atomic E-state index is 8.90. The van der Waals surface area contributed by atoms with Crippen molar-refractivity contribution < 1.29 is 5.11 Å². The lowest BCUT2D eigenvalue weighted by Crippen LogP contribution is -1.90. The summed E-state index contributed by atoms with van der Waals surface area (Å²) in [6.45, 7) is -0.0885. The summed E-state index contributed by atoms with van der Waals surface area (Å²) in [4.78, 5) is 4.10. The Hall–Kier alpha value is -1.38. The van der Waals surface area contributed by atoms with Crippen LogP contribution in [0, 0.1) is 0 Å². The van der Waals surface area contributed by atoms with Crippen molar-refractivity contribution in [2.75, 3.05) is 0 Å². The van der Waals surface area contributed by atoms with Crippen LogP contribution in [0.2, 0.25) is 5.02 Å². The lowest BCUT2D eigenvalue weighted by atomic mass is 10.1. The molecule has 76 valence electrons. The summed E-state index contributed by atoms with van der Waals surface area (Å²) in [6, 6.07) is 11.5. The summed E-state index contributed by atoms with van der Waals surface area (Å²) in [5, 5.41) is 9.51. The van der Waals surface area contributed by atoms with Gasteiger partial charge in [-0.1, -0.05) is 41.9 Å². The van der Waals surface area contributed by atoms with Crippen molar-refractivity contribution in [3.05, 3.63) is 53.3 Å². The molecule has 1 N–H and O–H groups in total. The van der Waals surface area contributed by atoms with E-state index < -0.39 is 0 Å². The van der Waals surface area contributed by atoms with Gasteiger partial charge < -0.3 is 5.11 Å². The van der Waals surface area contributed by atoms with Crippen molar-refractivity contribution in [1.29, 1.82) is 0 Å². The first-order valence-electron chi connectivity index (χ1n) is 4.62. The molecule has 0 spiro atoms. The maximum absolute atomic E-state index is 8.90. The van der Waals surface area contributed by atoms with Gasteiger partial charge in [0.2, 0.25) is 0 Å². The van der Waals surface area contributed by atoms with E-state index in [2.05, 4.69) is 4.98 Å². The van der Waals surface area contributed by atoms with E-state index in [1.807, 2.05) is 30.3 Å². The molecule has 2 nitrogen and oxygen atoms in total. The highest BCUT2D eigenvalue weighted by Gasteiger charge is 2.04. The smallest absolute Gasteiger partial charge is 0.0853 e. The van der Waals surface area contributed by atoms with Gasteiger partial charge in [-0.2, -0.15) is 0 Å². The summed E-state index contributed by atoms with van der Waals surface area (Å²) in [5.41, 5.74) is 2.49. The lowest BCUT2D eigenvalue weighted by Gasteiger charge is -2.04. The highest BCUT2D eigenvalue weighted by molar-refractivity contribution is 6.33. The van der Waals surface area contributed by atoms with Crippen LogP contribution in [0.3, 0.4) is 0 Å².